The van der Waals surface area contributed by atoms with E-state index in [0.29, 0.717) is 18.0 Å². The molecule has 0 aromatic heterocycles. The highest BCUT2D eigenvalue weighted by Crippen LogP contribution is 2.29. The van der Waals surface area contributed by atoms with Crippen molar-refractivity contribution >= 4 is 0 Å². The molecule has 0 saturated heterocycles. The van der Waals surface area contributed by atoms with Crippen molar-refractivity contribution in [1.82, 2.24) is 5.32 Å². The summed E-state index contributed by atoms with van der Waals surface area (Å²) >= 11 is 0. The molecule has 1 rings (SSSR count). The molecule has 1 N–H and O–H groups in total. The van der Waals surface area contributed by atoms with Gasteiger partial charge in [0.05, 0.1) is 26.9 Å². The highest BCUT2D eigenvalue weighted by molar-refractivity contribution is 5.42. The summed E-state index contributed by atoms with van der Waals surface area (Å²) in [7, 11) is 3.13. The van der Waals surface area contributed by atoms with Gasteiger partial charge in [0.2, 0.25) is 0 Å². The summed E-state index contributed by atoms with van der Waals surface area (Å²) < 4.78 is 39.7. The Morgan fingerprint density at radius 1 is 1.15 bits per heavy atom. The molecule has 0 amide bonds. The van der Waals surface area contributed by atoms with E-state index in [1.165, 1.54) is 0 Å². The molecule has 20 heavy (non-hydrogen) atoms. The second-order valence-corrected chi connectivity index (χ2v) is 4.15. The van der Waals surface area contributed by atoms with Gasteiger partial charge in [-0.05, 0) is 18.7 Å². The van der Waals surface area contributed by atoms with Crippen molar-refractivity contribution in [2.75, 3.05) is 34.0 Å². The third kappa shape index (κ3) is 4.94. The number of ether oxygens (including phenoxy) is 3. The molecule has 114 valence electrons. The predicted octanol–water partition coefficient (Wildman–Crippen LogP) is 2.64. The zero-order chi connectivity index (χ0) is 15.0. The van der Waals surface area contributed by atoms with Crippen LogP contribution < -0.4 is 14.8 Å². The molecule has 0 bridgehead atoms. The van der Waals surface area contributed by atoms with Gasteiger partial charge in [0.25, 0.3) is 6.43 Å². The van der Waals surface area contributed by atoms with Crippen molar-refractivity contribution < 1.29 is 23.0 Å². The largest absolute Gasteiger partial charge is 0.497 e. The summed E-state index contributed by atoms with van der Waals surface area (Å²) in [6.45, 7) is 2.22. The number of rotatable bonds is 9. The molecule has 4 nitrogen and oxygen atoms in total. The normalized spacial score (nSPS) is 12.5. The lowest BCUT2D eigenvalue weighted by atomic mass is 10.1. The fourth-order valence-electron chi connectivity index (χ4n) is 1.89. The highest BCUT2D eigenvalue weighted by Gasteiger charge is 2.17. The third-order valence-electron chi connectivity index (χ3n) is 2.79. The Kier molecular flexibility index (Phi) is 7.25. The van der Waals surface area contributed by atoms with Gasteiger partial charge in [-0.1, -0.05) is 6.92 Å². The Balaban J connectivity index is 2.84. The number of alkyl halides is 2. The fraction of sp³-hybridized carbons (Fsp3) is 0.571. The highest BCUT2D eigenvalue weighted by atomic mass is 19.3. The number of hydrogen-bond acceptors (Lipinski definition) is 4. The second kappa shape index (κ2) is 8.71. The maximum Gasteiger partial charge on any atom is 0.261 e. The maximum absolute atomic E-state index is 12.1. The van der Waals surface area contributed by atoms with Crippen LogP contribution in [-0.2, 0) is 4.74 Å². The van der Waals surface area contributed by atoms with Gasteiger partial charge in [0.1, 0.15) is 18.1 Å². The minimum Gasteiger partial charge on any atom is -0.497 e. The van der Waals surface area contributed by atoms with Crippen molar-refractivity contribution in [3.8, 4) is 11.5 Å². The molecule has 0 fully saturated rings. The van der Waals surface area contributed by atoms with E-state index < -0.39 is 13.0 Å². The average Bonchev–Trinajstić information content (AvgIpc) is 2.45. The van der Waals surface area contributed by atoms with Crippen LogP contribution in [-0.4, -0.2) is 40.4 Å². The zero-order valence-corrected chi connectivity index (χ0v) is 12.0. The molecule has 0 radical (unpaired) electrons. The smallest absolute Gasteiger partial charge is 0.261 e. The number of benzene rings is 1. The van der Waals surface area contributed by atoms with Crippen LogP contribution in [0.4, 0.5) is 8.78 Å². The molecule has 1 unspecified atom stereocenters. The monoisotopic (exact) mass is 289 g/mol. The van der Waals surface area contributed by atoms with E-state index in [-0.39, 0.29) is 12.6 Å². The van der Waals surface area contributed by atoms with Gasteiger partial charge in [-0.3, -0.25) is 0 Å². The molecule has 1 aromatic rings. The molecule has 0 aliphatic carbocycles. The fourth-order valence-corrected chi connectivity index (χ4v) is 1.89. The Morgan fingerprint density at radius 2 is 1.90 bits per heavy atom. The van der Waals surface area contributed by atoms with Crippen LogP contribution in [0.1, 0.15) is 18.5 Å². The molecule has 1 aromatic carbocycles. The summed E-state index contributed by atoms with van der Waals surface area (Å²) in [4.78, 5) is 0. The van der Waals surface area contributed by atoms with Crippen LogP contribution in [0.3, 0.4) is 0 Å². The maximum atomic E-state index is 12.1. The van der Waals surface area contributed by atoms with Gasteiger partial charge in [-0.25, -0.2) is 8.78 Å². The van der Waals surface area contributed by atoms with Gasteiger partial charge in [-0.2, -0.15) is 0 Å². The quantitative estimate of drug-likeness (QED) is 0.758. The van der Waals surface area contributed by atoms with Crippen molar-refractivity contribution in [3.63, 3.8) is 0 Å². The standard InChI is InChI=1S/C14H21F2NO3/c1-4-17-12(8-20-9-14(15)16)11-6-5-10(18-2)7-13(11)19-3/h5-7,12,14,17H,4,8-9H2,1-3H3. The topological polar surface area (TPSA) is 39.7 Å². The van der Waals surface area contributed by atoms with E-state index in [4.69, 9.17) is 14.2 Å². The van der Waals surface area contributed by atoms with E-state index in [1.54, 1.807) is 26.4 Å². The Bertz CT molecular complexity index is 402. The van der Waals surface area contributed by atoms with E-state index in [1.807, 2.05) is 13.0 Å². The number of methoxy groups -OCH3 is 2. The first-order valence-corrected chi connectivity index (χ1v) is 6.43. The van der Waals surface area contributed by atoms with Crippen molar-refractivity contribution in [3.05, 3.63) is 23.8 Å². The van der Waals surface area contributed by atoms with E-state index in [0.717, 1.165) is 5.56 Å². The summed E-state index contributed by atoms with van der Waals surface area (Å²) in [5, 5.41) is 3.19. The van der Waals surface area contributed by atoms with Crippen molar-refractivity contribution in [2.24, 2.45) is 0 Å². The molecule has 6 heteroatoms. The summed E-state index contributed by atoms with van der Waals surface area (Å²) in [5.74, 6) is 1.31. The minimum absolute atomic E-state index is 0.154. The lowest BCUT2D eigenvalue weighted by molar-refractivity contribution is 0.00916. The summed E-state index contributed by atoms with van der Waals surface area (Å²) in [5.41, 5.74) is 0.851. The lowest BCUT2D eigenvalue weighted by Gasteiger charge is -2.21. The summed E-state index contributed by atoms with van der Waals surface area (Å²) in [6.07, 6.45) is -2.46. The van der Waals surface area contributed by atoms with Gasteiger partial charge >= 0.3 is 0 Å². The molecule has 1 atom stereocenters. The molecular weight excluding hydrogens is 268 g/mol. The molecular formula is C14H21F2NO3. The first-order chi connectivity index (χ1) is 9.62. The Hall–Kier alpha value is -1.40. The lowest BCUT2D eigenvalue weighted by Crippen LogP contribution is -2.26. The first kappa shape index (κ1) is 16.7. The number of hydrogen-bond donors (Lipinski definition) is 1. The first-order valence-electron chi connectivity index (χ1n) is 6.43. The second-order valence-electron chi connectivity index (χ2n) is 4.15. The molecule has 0 aliphatic heterocycles. The van der Waals surface area contributed by atoms with E-state index in [2.05, 4.69) is 5.32 Å². The number of nitrogens with one attached hydrogen (secondary N) is 1. The van der Waals surface area contributed by atoms with E-state index >= 15 is 0 Å². The average molecular weight is 289 g/mol. The van der Waals surface area contributed by atoms with Crippen molar-refractivity contribution in [1.29, 1.82) is 0 Å². The van der Waals surface area contributed by atoms with E-state index in [9.17, 15) is 8.78 Å². The minimum atomic E-state index is -2.46. The molecule has 0 spiro atoms. The Morgan fingerprint density at radius 3 is 2.45 bits per heavy atom. The molecule has 0 heterocycles. The molecule has 0 saturated carbocycles. The molecule has 0 aliphatic rings. The van der Waals surface area contributed by atoms with Gasteiger partial charge in [0, 0.05) is 11.6 Å². The van der Waals surface area contributed by atoms with Crippen LogP contribution in [0.15, 0.2) is 18.2 Å². The van der Waals surface area contributed by atoms with Gasteiger partial charge in [-0.15, -0.1) is 0 Å². The van der Waals surface area contributed by atoms with Gasteiger partial charge < -0.3 is 19.5 Å². The predicted molar refractivity (Wildman–Crippen MR) is 72.8 cm³/mol. The summed E-state index contributed by atoms with van der Waals surface area (Å²) in [6, 6.07) is 5.19. The van der Waals surface area contributed by atoms with Crippen LogP contribution in [0.5, 0.6) is 11.5 Å². The number of likely N-dealkylation sites (N-methyl/N-ethyl adjacent to an activating group) is 1. The Labute approximate surface area is 118 Å². The van der Waals surface area contributed by atoms with Crippen LogP contribution >= 0.6 is 0 Å². The SMILES string of the molecule is CCNC(COCC(F)F)c1ccc(OC)cc1OC. The third-order valence-corrected chi connectivity index (χ3v) is 2.79. The zero-order valence-electron chi connectivity index (χ0n) is 12.0. The van der Waals surface area contributed by atoms with Crippen LogP contribution in [0.25, 0.3) is 0 Å². The van der Waals surface area contributed by atoms with Crippen molar-refractivity contribution in [2.45, 2.75) is 19.4 Å². The van der Waals surface area contributed by atoms with Gasteiger partial charge in [0.15, 0.2) is 0 Å². The van der Waals surface area contributed by atoms with Crippen LogP contribution in [0.2, 0.25) is 0 Å². The van der Waals surface area contributed by atoms with Crippen LogP contribution in [0, 0.1) is 0 Å². The number of halogens is 2.